The zero-order valence-corrected chi connectivity index (χ0v) is 21.5. The molecule has 2 aromatic rings. The van der Waals surface area contributed by atoms with Gasteiger partial charge in [-0.15, -0.1) is 5.92 Å². The van der Waals surface area contributed by atoms with Crippen molar-refractivity contribution >= 4 is 27.8 Å². The first-order chi connectivity index (χ1) is 17.2. The molecule has 0 aliphatic carbocycles. The third-order valence-corrected chi connectivity index (χ3v) is 6.41. The van der Waals surface area contributed by atoms with Gasteiger partial charge in [-0.1, -0.05) is 5.92 Å². The smallest absolute Gasteiger partial charge is 0.407 e. The van der Waals surface area contributed by atoms with Crippen molar-refractivity contribution in [2.45, 2.75) is 32.1 Å². The van der Waals surface area contributed by atoms with E-state index in [0.29, 0.717) is 24.5 Å². The molecule has 0 radical (unpaired) electrons. The number of nitrogens with zero attached hydrogens (tertiary/aromatic N) is 1. The van der Waals surface area contributed by atoms with Crippen molar-refractivity contribution in [3.8, 4) is 29.1 Å². The predicted octanol–water partition coefficient (Wildman–Crippen LogP) is 3.35. The van der Waals surface area contributed by atoms with E-state index < -0.39 is 22.1 Å². The molecule has 0 saturated heterocycles. The van der Waals surface area contributed by atoms with Gasteiger partial charge < -0.3 is 24.3 Å². The maximum Gasteiger partial charge on any atom is 0.407 e. The van der Waals surface area contributed by atoms with Crippen molar-refractivity contribution in [3.63, 3.8) is 0 Å². The van der Waals surface area contributed by atoms with Crippen LogP contribution in [0.3, 0.4) is 0 Å². The van der Waals surface area contributed by atoms with Gasteiger partial charge in [0.15, 0.2) is 5.75 Å². The number of esters is 1. The topological polar surface area (TPSA) is 120 Å². The average molecular weight is 519 g/mol. The highest BCUT2D eigenvalue weighted by Gasteiger charge is 2.25. The lowest BCUT2D eigenvalue weighted by atomic mass is 10.2. The normalized spacial score (nSPS) is 10.4. The summed E-state index contributed by atoms with van der Waals surface area (Å²) in [5, 5.41) is 2.58. The minimum Gasteiger partial charge on any atom is -0.493 e. The molecule has 36 heavy (non-hydrogen) atoms. The third-order valence-electron chi connectivity index (χ3n) is 4.63. The van der Waals surface area contributed by atoms with Crippen LogP contribution in [-0.2, 0) is 19.6 Å². The number of sulfonamides is 1. The van der Waals surface area contributed by atoms with Gasteiger partial charge in [-0.3, -0.25) is 9.10 Å². The van der Waals surface area contributed by atoms with Crippen LogP contribution in [0.25, 0.3) is 0 Å². The van der Waals surface area contributed by atoms with E-state index in [9.17, 15) is 18.0 Å². The molecule has 1 amide bonds. The summed E-state index contributed by atoms with van der Waals surface area (Å²) < 4.78 is 48.7. The fourth-order valence-corrected chi connectivity index (χ4v) is 4.09. The fraction of sp³-hybridized carbons (Fsp3) is 0.360. The van der Waals surface area contributed by atoms with E-state index in [2.05, 4.69) is 17.2 Å². The zero-order chi connectivity index (χ0) is 26.6. The molecule has 194 valence electrons. The van der Waals surface area contributed by atoms with E-state index in [1.165, 1.54) is 50.4 Å². The van der Waals surface area contributed by atoms with Crippen LogP contribution in [0.2, 0.25) is 0 Å². The monoisotopic (exact) mass is 518 g/mol. The Balaban J connectivity index is 2.18. The molecule has 1 N–H and O–H groups in total. The highest BCUT2D eigenvalue weighted by atomic mass is 32.2. The highest BCUT2D eigenvalue weighted by Crippen LogP contribution is 2.35. The molecule has 2 rings (SSSR count). The van der Waals surface area contributed by atoms with Crippen molar-refractivity contribution in [1.82, 2.24) is 5.32 Å². The van der Waals surface area contributed by atoms with Crippen molar-refractivity contribution in [2.75, 3.05) is 37.7 Å². The summed E-state index contributed by atoms with van der Waals surface area (Å²) in [6.45, 7) is 5.70. The van der Waals surface area contributed by atoms with Gasteiger partial charge >= 0.3 is 12.1 Å². The van der Waals surface area contributed by atoms with Gasteiger partial charge in [0.05, 0.1) is 23.8 Å². The van der Waals surface area contributed by atoms with Crippen LogP contribution in [-0.4, -0.2) is 53.9 Å². The largest absolute Gasteiger partial charge is 0.493 e. The zero-order valence-electron chi connectivity index (χ0n) is 20.7. The second kappa shape index (κ2) is 13.8. The molecule has 0 aliphatic heterocycles. The summed E-state index contributed by atoms with van der Waals surface area (Å²) in [7, 11) is -2.66. The summed E-state index contributed by atoms with van der Waals surface area (Å²) in [5.74, 6) is 5.78. The molecule has 11 heteroatoms. The van der Waals surface area contributed by atoms with Crippen LogP contribution >= 0.6 is 0 Å². The summed E-state index contributed by atoms with van der Waals surface area (Å²) in [5.41, 5.74) is 0.117. The van der Waals surface area contributed by atoms with Gasteiger partial charge in [0, 0.05) is 26.6 Å². The second-order valence-electron chi connectivity index (χ2n) is 7.23. The Labute approximate surface area is 211 Å². The van der Waals surface area contributed by atoms with Crippen LogP contribution in [0.4, 0.5) is 10.5 Å². The average Bonchev–Trinajstić information content (AvgIpc) is 2.84. The predicted molar refractivity (Wildman–Crippen MR) is 134 cm³/mol. The summed E-state index contributed by atoms with van der Waals surface area (Å²) in [4.78, 5) is 22.9. The molecule has 0 bridgehead atoms. The van der Waals surface area contributed by atoms with Crippen molar-refractivity contribution in [1.29, 1.82) is 0 Å². The molecule has 0 heterocycles. The number of hydrogen-bond acceptors (Lipinski definition) is 8. The molecular formula is C25H30N2O8S. The van der Waals surface area contributed by atoms with Gasteiger partial charge in [-0.25, -0.2) is 13.2 Å². The Bertz CT molecular complexity index is 1200. The van der Waals surface area contributed by atoms with Crippen LogP contribution in [0, 0.1) is 11.8 Å². The second-order valence-corrected chi connectivity index (χ2v) is 9.20. The number of amides is 1. The van der Waals surface area contributed by atoms with E-state index >= 15 is 0 Å². The minimum absolute atomic E-state index is 0.0176. The number of nitrogens with one attached hydrogen (secondary N) is 1. The number of carbonyl (C=O) groups is 2. The Morgan fingerprint density at radius 1 is 1.06 bits per heavy atom. The molecule has 0 spiro atoms. The van der Waals surface area contributed by atoms with E-state index in [4.69, 9.17) is 18.9 Å². The molecule has 0 aliphatic rings. The van der Waals surface area contributed by atoms with E-state index in [1.54, 1.807) is 19.9 Å². The minimum atomic E-state index is -4.01. The number of rotatable bonds is 12. The van der Waals surface area contributed by atoms with E-state index in [1.807, 2.05) is 0 Å². The first-order valence-electron chi connectivity index (χ1n) is 11.2. The number of alkyl carbamates (subject to hydrolysis) is 1. The summed E-state index contributed by atoms with van der Waals surface area (Å²) >= 11 is 0. The first-order valence-corrected chi connectivity index (χ1v) is 12.6. The Kier molecular flexibility index (Phi) is 10.9. The van der Waals surface area contributed by atoms with Crippen molar-refractivity contribution in [3.05, 3.63) is 42.5 Å². The quantitative estimate of drug-likeness (QED) is 0.197. The van der Waals surface area contributed by atoms with Crippen LogP contribution < -0.4 is 23.8 Å². The van der Waals surface area contributed by atoms with Gasteiger partial charge in [0.25, 0.3) is 10.0 Å². The van der Waals surface area contributed by atoms with Gasteiger partial charge in [-0.05, 0) is 56.7 Å². The van der Waals surface area contributed by atoms with E-state index in [-0.39, 0.29) is 36.2 Å². The molecule has 0 atom stereocenters. The van der Waals surface area contributed by atoms with Gasteiger partial charge in [0.1, 0.15) is 18.1 Å². The number of anilines is 1. The maximum absolute atomic E-state index is 13.3. The maximum atomic E-state index is 13.3. The Morgan fingerprint density at radius 2 is 1.75 bits per heavy atom. The first kappa shape index (κ1) is 28.3. The number of benzene rings is 2. The van der Waals surface area contributed by atoms with Crippen LogP contribution in [0.5, 0.6) is 17.2 Å². The summed E-state index contributed by atoms with van der Waals surface area (Å²) in [6, 6.07) is 10.4. The van der Waals surface area contributed by atoms with Crippen LogP contribution in [0.15, 0.2) is 47.4 Å². The third kappa shape index (κ3) is 8.39. The lowest BCUT2D eigenvalue weighted by Gasteiger charge is -2.22. The molecular weight excluding hydrogens is 488 g/mol. The lowest BCUT2D eigenvalue weighted by Crippen LogP contribution is -2.27. The molecule has 10 nitrogen and oxygen atoms in total. The van der Waals surface area contributed by atoms with Crippen molar-refractivity contribution in [2.24, 2.45) is 0 Å². The fourth-order valence-electron chi connectivity index (χ4n) is 2.90. The molecule has 0 aromatic heterocycles. The Hall–Kier alpha value is -3.91. The van der Waals surface area contributed by atoms with Crippen LogP contribution in [0.1, 0.15) is 27.2 Å². The van der Waals surface area contributed by atoms with Gasteiger partial charge in [0.2, 0.25) is 0 Å². The standard InChI is InChI=1S/C25H30N2O8S/c1-5-7-16-33-20-9-12-22(13-10-20)36(30,31)27(4)23-18-21(11-14-24(23)35-19(3)28)34-17-8-15-26-25(29)32-6-2/h9-14,18H,6,8,15-17H2,1-4H3,(H,26,29). The SMILES string of the molecule is CC#CCOc1ccc(S(=O)(=O)N(C)c2cc(OCCCNC(=O)OCC)ccc2OC(C)=O)cc1. The molecule has 0 saturated carbocycles. The lowest BCUT2D eigenvalue weighted by molar-refractivity contribution is -0.131. The molecule has 0 fully saturated rings. The van der Waals surface area contributed by atoms with Gasteiger partial charge in [-0.2, -0.15) is 0 Å². The van der Waals surface area contributed by atoms with Crippen molar-refractivity contribution < 1.29 is 37.0 Å². The number of hydrogen-bond donors (Lipinski definition) is 1. The van der Waals surface area contributed by atoms with E-state index in [0.717, 1.165) is 4.31 Å². The Morgan fingerprint density at radius 3 is 2.39 bits per heavy atom. The highest BCUT2D eigenvalue weighted by molar-refractivity contribution is 7.92. The molecule has 0 unspecified atom stereocenters. The number of carbonyl (C=O) groups excluding carboxylic acids is 2. The summed E-state index contributed by atoms with van der Waals surface area (Å²) in [6.07, 6.45) is -0.0155. The number of ether oxygens (including phenoxy) is 4. The molecule has 2 aromatic carbocycles.